The third kappa shape index (κ3) is 2.16. The summed E-state index contributed by atoms with van der Waals surface area (Å²) in [4.78, 5) is 11.8. The molecule has 0 amide bonds. The summed E-state index contributed by atoms with van der Waals surface area (Å²) in [5.74, 6) is 0.851. The number of carbonyl (C=O) groups excluding carboxylic acids is 1. The van der Waals surface area contributed by atoms with Gasteiger partial charge in [0, 0.05) is 6.42 Å². The van der Waals surface area contributed by atoms with Crippen molar-refractivity contribution in [2.75, 3.05) is 7.11 Å². The largest absolute Gasteiger partial charge is 0.497 e. The van der Waals surface area contributed by atoms with Crippen LogP contribution in [-0.2, 0) is 11.2 Å². The van der Waals surface area contributed by atoms with Gasteiger partial charge in [-0.3, -0.25) is 4.79 Å². The van der Waals surface area contributed by atoms with Gasteiger partial charge in [-0.1, -0.05) is 12.1 Å². The zero-order chi connectivity index (χ0) is 12.3. The molecular formula is C14H15NO2. The number of methoxy groups -OCH3 is 1. The molecule has 0 saturated heterocycles. The van der Waals surface area contributed by atoms with Gasteiger partial charge in [0.2, 0.25) is 0 Å². The van der Waals surface area contributed by atoms with Crippen molar-refractivity contribution in [3.8, 4) is 11.8 Å². The predicted molar refractivity (Wildman–Crippen MR) is 63.6 cm³/mol. The van der Waals surface area contributed by atoms with E-state index in [0.29, 0.717) is 19.3 Å². The van der Waals surface area contributed by atoms with E-state index < -0.39 is 5.41 Å². The van der Waals surface area contributed by atoms with Crippen molar-refractivity contribution in [3.05, 3.63) is 29.8 Å². The van der Waals surface area contributed by atoms with Gasteiger partial charge in [-0.05, 0) is 37.0 Å². The van der Waals surface area contributed by atoms with Crippen LogP contribution in [0.1, 0.15) is 24.8 Å². The first-order chi connectivity index (χ1) is 8.20. The normalized spacial score (nSPS) is 23.4. The van der Waals surface area contributed by atoms with Gasteiger partial charge in [0.1, 0.15) is 11.2 Å². The van der Waals surface area contributed by atoms with Gasteiger partial charge in [0.05, 0.1) is 13.2 Å². The first-order valence-electron chi connectivity index (χ1n) is 5.78. The fourth-order valence-corrected chi connectivity index (χ4v) is 2.41. The van der Waals surface area contributed by atoms with E-state index in [2.05, 4.69) is 6.07 Å². The van der Waals surface area contributed by atoms with E-state index in [1.807, 2.05) is 24.3 Å². The number of nitriles is 1. The van der Waals surface area contributed by atoms with E-state index >= 15 is 0 Å². The smallest absolute Gasteiger partial charge is 0.153 e. The Labute approximate surface area is 101 Å². The summed E-state index contributed by atoms with van der Waals surface area (Å²) in [5, 5.41) is 9.27. The molecule has 0 aromatic heterocycles. The molecule has 2 rings (SSSR count). The fourth-order valence-electron chi connectivity index (χ4n) is 2.41. The maximum absolute atomic E-state index is 11.8. The van der Waals surface area contributed by atoms with Crippen LogP contribution in [0, 0.1) is 16.7 Å². The number of carbonyl (C=O) groups is 1. The standard InChI is InChI=1S/C14H15NO2/c1-17-12-5-2-4-11(8-12)9-14(10-15)7-3-6-13(14)16/h2,4-5,8H,3,6-7,9H2,1H3. The third-order valence-electron chi connectivity index (χ3n) is 3.40. The molecule has 1 atom stereocenters. The summed E-state index contributed by atoms with van der Waals surface area (Å²) in [5.41, 5.74) is 0.188. The molecule has 0 spiro atoms. The van der Waals surface area contributed by atoms with E-state index in [-0.39, 0.29) is 5.78 Å². The van der Waals surface area contributed by atoms with Crippen LogP contribution < -0.4 is 4.74 Å². The lowest BCUT2D eigenvalue weighted by molar-refractivity contribution is -0.123. The summed E-state index contributed by atoms with van der Waals surface area (Å²) in [7, 11) is 1.61. The number of ketones is 1. The van der Waals surface area contributed by atoms with Crippen molar-refractivity contribution in [1.82, 2.24) is 0 Å². The van der Waals surface area contributed by atoms with Crippen molar-refractivity contribution in [2.45, 2.75) is 25.7 Å². The number of hydrogen-bond donors (Lipinski definition) is 0. The highest BCUT2D eigenvalue weighted by atomic mass is 16.5. The summed E-state index contributed by atoms with van der Waals surface area (Å²) in [6, 6.07) is 9.80. The van der Waals surface area contributed by atoms with Crippen LogP contribution in [0.3, 0.4) is 0 Å². The van der Waals surface area contributed by atoms with Crippen LogP contribution in [-0.4, -0.2) is 12.9 Å². The maximum Gasteiger partial charge on any atom is 0.153 e. The van der Waals surface area contributed by atoms with Gasteiger partial charge >= 0.3 is 0 Å². The molecule has 1 unspecified atom stereocenters. The highest BCUT2D eigenvalue weighted by Gasteiger charge is 2.42. The number of benzene rings is 1. The molecule has 3 nitrogen and oxygen atoms in total. The number of nitrogens with zero attached hydrogens (tertiary/aromatic N) is 1. The summed E-state index contributed by atoms with van der Waals surface area (Å²) >= 11 is 0. The van der Waals surface area contributed by atoms with Gasteiger partial charge in [0.25, 0.3) is 0 Å². The Morgan fingerprint density at radius 1 is 1.53 bits per heavy atom. The lowest BCUT2D eigenvalue weighted by Gasteiger charge is -2.18. The summed E-state index contributed by atoms with van der Waals surface area (Å²) in [6.45, 7) is 0. The monoisotopic (exact) mass is 229 g/mol. The minimum Gasteiger partial charge on any atom is -0.497 e. The van der Waals surface area contributed by atoms with Crippen LogP contribution >= 0.6 is 0 Å². The number of ether oxygens (including phenoxy) is 1. The zero-order valence-electron chi connectivity index (χ0n) is 9.90. The van der Waals surface area contributed by atoms with E-state index in [1.165, 1.54) is 0 Å². The third-order valence-corrected chi connectivity index (χ3v) is 3.40. The van der Waals surface area contributed by atoms with Crippen LogP contribution in [0.25, 0.3) is 0 Å². The van der Waals surface area contributed by atoms with Crippen molar-refractivity contribution >= 4 is 5.78 Å². The number of Topliss-reactive ketones (excluding diaryl/α,β-unsaturated/α-hetero) is 1. The first-order valence-corrected chi connectivity index (χ1v) is 5.78. The van der Waals surface area contributed by atoms with Gasteiger partial charge in [-0.15, -0.1) is 0 Å². The van der Waals surface area contributed by atoms with Crippen LogP contribution in [0.4, 0.5) is 0 Å². The molecule has 1 saturated carbocycles. The van der Waals surface area contributed by atoms with Crippen molar-refractivity contribution in [2.24, 2.45) is 5.41 Å². The van der Waals surface area contributed by atoms with Crippen LogP contribution in [0.15, 0.2) is 24.3 Å². The molecule has 1 fully saturated rings. The Hall–Kier alpha value is -1.82. The summed E-state index contributed by atoms with van der Waals surface area (Å²) < 4.78 is 5.14. The molecule has 0 N–H and O–H groups in total. The highest BCUT2D eigenvalue weighted by Crippen LogP contribution is 2.37. The molecule has 0 aliphatic heterocycles. The molecule has 88 valence electrons. The molecule has 1 aliphatic rings. The second-order valence-corrected chi connectivity index (χ2v) is 4.50. The Bertz CT molecular complexity index is 475. The van der Waals surface area contributed by atoms with Crippen molar-refractivity contribution < 1.29 is 9.53 Å². The van der Waals surface area contributed by atoms with Crippen LogP contribution in [0.5, 0.6) is 5.75 Å². The molecular weight excluding hydrogens is 214 g/mol. The van der Waals surface area contributed by atoms with E-state index in [1.54, 1.807) is 7.11 Å². The Morgan fingerprint density at radius 3 is 2.94 bits per heavy atom. The highest BCUT2D eigenvalue weighted by molar-refractivity contribution is 5.89. The molecule has 1 aliphatic carbocycles. The van der Waals surface area contributed by atoms with Gasteiger partial charge in [0.15, 0.2) is 5.78 Å². The molecule has 1 aromatic rings. The molecule has 0 heterocycles. The number of rotatable bonds is 3. The zero-order valence-corrected chi connectivity index (χ0v) is 9.90. The van der Waals surface area contributed by atoms with E-state index in [4.69, 9.17) is 4.74 Å². The molecule has 17 heavy (non-hydrogen) atoms. The maximum atomic E-state index is 11.8. The Morgan fingerprint density at radius 2 is 2.35 bits per heavy atom. The topological polar surface area (TPSA) is 50.1 Å². The Kier molecular flexibility index (Phi) is 3.14. The first kappa shape index (κ1) is 11.7. The van der Waals surface area contributed by atoms with E-state index in [9.17, 15) is 10.1 Å². The van der Waals surface area contributed by atoms with E-state index in [0.717, 1.165) is 17.7 Å². The minimum absolute atomic E-state index is 0.0859. The fraction of sp³-hybridized carbons (Fsp3) is 0.429. The molecule has 1 aromatic carbocycles. The molecule has 0 radical (unpaired) electrons. The average molecular weight is 229 g/mol. The SMILES string of the molecule is COc1cccc(CC2(C#N)CCCC2=O)c1. The van der Waals surface area contributed by atoms with Gasteiger partial charge < -0.3 is 4.74 Å². The lowest BCUT2D eigenvalue weighted by atomic mass is 9.81. The second kappa shape index (κ2) is 4.58. The quantitative estimate of drug-likeness (QED) is 0.800. The minimum atomic E-state index is -0.799. The average Bonchev–Trinajstić information content (AvgIpc) is 2.71. The molecule has 3 heteroatoms. The van der Waals surface area contributed by atoms with Gasteiger partial charge in [-0.25, -0.2) is 0 Å². The van der Waals surface area contributed by atoms with Gasteiger partial charge in [-0.2, -0.15) is 5.26 Å². The van der Waals surface area contributed by atoms with Crippen molar-refractivity contribution in [3.63, 3.8) is 0 Å². The molecule has 0 bridgehead atoms. The van der Waals surface area contributed by atoms with Crippen molar-refractivity contribution in [1.29, 1.82) is 5.26 Å². The summed E-state index contributed by atoms with van der Waals surface area (Å²) in [6.07, 6.45) is 2.55. The predicted octanol–water partition coefficient (Wildman–Crippen LogP) is 2.50. The number of hydrogen-bond acceptors (Lipinski definition) is 3. The van der Waals surface area contributed by atoms with Crippen LogP contribution in [0.2, 0.25) is 0 Å². The lowest BCUT2D eigenvalue weighted by Crippen LogP contribution is -2.26. The Balaban J connectivity index is 2.25. The second-order valence-electron chi connectivity index (χ2n) is 4.50.